The fourth-order valence-electron chi connectivity index (χ4n) is 1.98. The second kappa shape index (κ2) is 5.53. The van der Waals surface area contributed by atoms with Crippen LogP contribution in [0.25, 0.3) is 0 Å². The third-order valence-electron chi connectivity index (χ3n) is 2.89. The third-order valence-corrected chi connectivity index (χ3v) is 2.89. The number of rotatable bonds is 5. The lowest BCUT2D eigenvalue weighted by atomic mass is 10.2. The van der Waals surface area contributed by atoms with Gasteiger partial charge in [-0.2, -0.15) is 0 Å². The Labute approximate surface area is 94.0 Å². The molecule has 0 radical (unpaired) electrons. The highest BCUT2D eigenvalue weighted by atomic mass is 16.6. The molecule has 0 bridgehead atoms. The van der Waals surface area contributed by atoms with Crippen LogP contribution in [0.5, 0.6) is 0 Å². The summed E-state index contributed by atoms with van der Waals surface area (Å²) in [6.45, 7) is 4.89. The predicted octanol–water partition coefficient (Wildman–Crippen LogP) is -0.789. The molecule has 7 nitrogen and oxygen atoms in total. The van der Waals surface area contributed by atoms with Gasteiger partial charge in [0, 0.05) is 18.0 Å². The van der Waals surface area contributed by atoms with Crippen molar-refractivity contribution in [2.75, 3.05) is 52.9 Å². The van der Waals surface area contributed by atoms with E-state index in [9.17, 15) is 10.1 Å². The lowest BCUT2D eigenvalue weighted by Gasteiger charge is -2.20. The van der Waals surface area contributed by atoms with Gasteiger partial charge >= 0.3 is 0 Å². The predicted molar refractivity (Wildman–Crippen MR) is 55.6 cm³/mol. The molecule has 92 valence electrons. The molecule has 0 spiro atoms. The summed E-state index contributed by atoms with van der Waals surface area (Å²) in [5.41, 5.74) is 0. The first-order valence-electron chi connectivity index (χ1n) is 5.49. The summed E-state index contributed by atoms with van der Waals surface area (Å²) in [6, 6.07) is -0.552. The molecule has 2 aliphatic heterocycles. The number of nitro groups is 1. The van der Waals surface area contributed by atoms with Crippen LogP contribution in [-0.2, 0) is 9.47 Å². The summed E-state index contributed by atoms with van der Waals surface area (Å²) < 4.78 is 10.3. The molecular formula is C9H17N3O4. The van der Waals surface area contributed by atoms with E-state index >= 15 is 0 Å². The van der Waals surface area contributed by atoms with Gasteiger partial charge in [-0.25, -0.2) is 0 Å². The maximum absolute atomic E-state index is 10.9. The molecule has 2 fully saturated rings. The molecule has 2 heterocycles. The van der Waals surface area contributed by atoms with E-state index in [-0.39, 0.29) is 4.92 Å². The Bertz CT molecular complexity index is 221. The standard InChI is InChI=1S/C9H17N3O4/c13-12(14)9(5-10-1-3-15-7-10)6-11-2-4-16-8-11/h9H,1-8H2. The fourth-order valence-corrected chi connectivity index (χ4v) is 1.98. The Kier molecular flexibility index (Phi) is 4.05. The summed E-state index contributed by atoms with van der Waals surface area (Å²) in [7, 11) is 0. The van der Waals surface area contributed by atoms with Gasteiger partial charge in [0.2, 0.25) is 6.04 Å². The quantitative estimate of drug-likeness (QED) is 0.456. The Hall–Kier alpha value is -0.760. The lowest BCUT2D eigenvalue weighted by molar-refractivity contribution is -0.523. The molecule has 2 aliphatic rings. The first-order chi connectivity index (χ1) is 7.75. The van der Waals surface area contributed by atoms with E-state index in [1.807, 2.05) is 9.80 Å². The second-order valence-corrected chi connectivity index (χ2v) is 4.17. The zero-order valence-electron chi connectivity index (χ0n) is 9.21. The summed E-state index contributed by atoms with van der Waals surface area (Å²) in [6.07, 6.45) is 0. The molecule has 0 aromatic rings. The Morgan fingerprint density at radius 2 is 1.62 bits per heavy atom. The van der Waals surface area contributed by atoms with Gasteiger partial charge in [0.25, 0.3) is 0 Å². The first-order valence-corrected chi connectivity index (χ1v) is 5.49. The summed E-state index contributed by atoms with van der Waals surface area (Å²) in [5.74, 6) is 0. The van der Waals surface area contributed by atoms with Gasteiger partial charge in [-0.05, 0) is 0 Å². The molecule has 0 saturated carbocycles. The summed E-state index contributed by atoms with van der Waals surface area (Å²) in [4.78, 5) is 14.7. The van der Waals surface area contributed by atoms with Crippen molar-refractivity contribution < 1.29 is 14.4 Å². The van der Waals surface area contributed by atoms with E-state index in [2.05, 4.69) is 0 Å². The van der Waals surface area contributed by atoms with Crippen molar-refractivity contribution in [3.05, 3.63) is 10.1 Å². The van der Waals surface area contributed by atoms with Crippen molar-refractivity contribution in [1.82, 2.24) is 9.80 Å². The number of nitrogens with zero attached hydrogens (tertiary/aromatic N) is 3. The van der Waals surface area contributed by atoms with Crippen LogP contribution in [0, 0.1) is 10.1 Å². The molecule has 2 saturated heterocycles. The van der Waals surface area contributed by atoms with Crippen LogP contribution in [0.15, 0.2) is 0 Å². The van der Waals surface area contributed by atoms with Gasteiger partial charge in [-0.1, -0.05) is 0 Å². The molecular weight excluding hydrogens is 214 g/mol. The molecule has 0 aromatic carbocycles. The topological polar surface area (TPSA) is 68.1 Å². The Morgan fingerprint density at radius 3 is 1.94 bits per heavy atom. The van der Waals surface area contributed by atoms with Crippen LogP contribution >= 0.6 is 0 Å². The second-order valence-electron chi connectivity index (χ2n) is 4.17. The van der Waals surface area contributed by atoms with E-state index in [1.165, 1.54) is 0 Å². The number of hydrogen-bond acceptors (Lipinski definition) is 6. The maximum Gasteiger partial charge on any atom is 0.238 e. The van der Waals surface area contributed by atoms with Gasteiger partial charge in [0.1, 0.15) is 0 Å². The smallest absolute Gasteiger partial charge is 0.238 e. The van der Waals surface area contributed by atoms with Crippen molar-refractivity contribution in [3.63, 3.8) is 0 Å². The van der Waals surface area contributed by atoms with Crippen LogP contribution < -0.4 is 0 Å². The number of hydrogen-bond donors (Lipinski definition) is 0. The van der Waals surface area contributed by atoms with Crippen LogP contribution in [0.4, 0.5) is 0 Å². The molecule has 7 heteroatoms. The zero-order valence-corrected chi connectivity index (χ0v) is 9.21. The van der Waals surface area contributed by atoms with Crippen molar-refractivity contribution in [2.45, 2.75) is 6.04 Å². The monoisotopic (exact) mass is 231 g/mol. The van der Waals surface area contributed by atoms with Gasteiger partial charge in [0.05, 0.1) is 39.8 Å². The molecule has 16 heavy (non-hydrogen) atoms. The average Bonchev–Trinajstić information content (AvgIpc) is 2.88. The zero-order chi connectivity index (χ0) is 11.4. The highest BCUT2D eigenvalue weighted by Crippen LogP contribution is 2.06. The molecule has 0 aromatic heterocycles. The maximum atomic E-state index is 10.9. The first kappa shape index (κ1) is 11.7. The van der Waals surface area contributed by atoms with E-state index < -0.39 is 6.04 Å². The molecule has 0 amide bonds. The highest BCUT2D eigenvalue weighted by molar-refractivity contribution is 4.71. The fraction of sp³-hybridized carbons (Fsp3) is 1.00. The van der Waals surface area contributed by atoms with E-state index in [1.54, 1.807) is 0 Å². The van der Waals surface area contributed by atoms with Crippen LogP contribution in [-0.4, -0.2) is 73.6 Å². The minimum absolute atomic E-state index is 0.198. The molecule has 0 aliphatic carbocycles. The van der Waals surface area contributed by atoms with Crippen LogP contribution in [0.1, 0.15) is 0 Å². The molecule has 0 N–H and O–H groups in total. The molecule has 2 rings (SSSR count). The van der Waals surface area contributed by atoms with E-state index in [0.717, 1.165) is 13.1 Å². The minimum atomic E-state index is -0.552. The highest BCUT2D eigenvalue weighted by Gasteiger charge is 2.29. The third kappa shape index (κ3) is 3.11. The van der Waals surface area contributed by atoms with Crippen molar-refractivity contribution in [1.29, 1.82) is 0 Å². The van der Waals surface area contributed by atoms with Crippen LogP contribution in [0.3, 0.4) is 0 Å². The summed E-state index contributed by atoms with van der Waals surface area (Å²) in [5, 5.41) is 10.9. The van der Waals surface area contributed by atoms with E-state index in [4.69, 9.17) is 9.47 Å². The van der Waals surface area contributed by atoms with E-state index in [0.29, 0.717) is 39.8 Å². The molecule has 0 atom stereocenters. The summed E-state index contributed by atoms with van der Waals surface area (Å²) >= 11 is 0. The minimum Gasteiger partial charge on any atom is -0.365 e. The Balaban J connectivity index is 1.81. The van der Waals surface area contributed by atoms with Gasteiger partial charge < -0.3 is 9.47 Å². The van der Waals surface area contributed by atoms with Gasteiger partial charge in [0.15, 0.2) is 0 Å². The lowest BCUT2D eigenvalue weighted by Crippen LogP contribution is -2.43. The van der Waals surface area contributed by atoms with Crippen molar-refractivity contribution >= 4 is 0 Å². The van der Waals surface area contributed by atoms with Crippen molar-refractivity contribution in [3.8, 4) is 0 Å². The normalized spacial score (nSPS) is 23.3. The largest absolute Gasteiger partial charge is 0.365 e. The Morgan fingerprint density at radius 1 is 1.12 bits per heavy atom. The SMILES string of the molecule is O=[N+]([O-])C(CN1CCOC1)CN1CCOC1. The van der Waals surface area contributed by atoms with Gasteiger partial charge in [-0.15, -0.1) is 0 Å². The van der Waals surface area contributed by atoms with Crippen LogP contribution in [0.2, 0.25) is 0 Å². The van der Waals surface area contributed by atoms with Gasteiger partial charge in [-0.3, -0.25) is 19.9 Å². The number of ether oxygens (including phenoxy) is 2. The van der Waals surface area contributed by atoms with Crippen molar-refractivity contribution in [2.24, 2.45) is 0 Å². The average molecular weight is 231 g/mol. The molecule has 0 unspecified atom stereocenters.